The van der Waals surface area contributed by atoms with Gasteiger partial charge < -0.3 is 4.98 Å². The average molecular weight is 439 g/mol. The molecule has 0 spiro atoms. The van der Waals surface area contributed by atoms with Crippen LogP contribution in [0.1, 0.15) is 11.3 Å². The summed E-state index contributed by atoms with van der Waals surface area (Å²) in [6.07, 6.45) is 1.25. The number of H-pyrrole nitrogens is 1. The second-order valence-electron chi connectivity index (χ2n) is 7.02. The monoisotopic (exact) mass is 439 g/mol. The van der Waals surface area contributed by atoms with Gasteiger partial charge in [-0.15, -0.1) is 10.2 Å². The van der Waals surface area contributed by atoms with Gasteiger partial charge in [-0.05, 0) is 25.1 Å². The van der Waals surface area contributed by atoms with Crippen molar-refractivity contribution in [1.82, 2.24) is 24.4 Å². The molecule has 0 unspecified atom stereocenters. The van der Waals surface area contributed by atoms with E-state index >= 15 is 0 Å². The number of aromatic nitrogens is 5. The van der Waals surface area contributed by atoms with Crippen LogP contribution in [0.5, 0.6) is 0 Å². The molecule has 33 heavy (non-hydrogen) atoms. The third-order valence-corrected chi connectivity index (χ3v) is 5.05. The quantitative estimate of drug-likeness (QED) is 0.254. The molecule has 160 valence electrons. The molecule has 5 rings (SSSR count). The number of nitrogens with zero attached hydrogens (tertiary/aromatic N) is 8. The van der Waals surface area contributed by atoms with Gasteiger partial charge in [0.2, 0.25) is 0 Å². The van der Waals surface area contributed by atoms with E-state index in [0.717, 1.165) is 0 Å². The first-order valence-corrected chi connectivity index (χ1v) is 9.63. The molecule has 1 N–H and O–H groups in total. The van der Waals surface area contributed by atoms with Gasteiger partial charge in [-0.3, -0.25) is 14.9 Å². The summed E-state index contributed by atoms with van der Waals surface area (Å²) in [7, 11) is 0. The summed E-state index contributed by atoms with van der Waals surface area (Å²) in [6, 6.07) is 14.9. The van der Waals surface area contributed by atoms with Crippen LogP contribution in [0.3, 0.4) is 0 Å². The summed E-state index contributed by atoms with van der Waals surface area (Å²) in [4.78, 5) is 26.2. The molecule has 0 bridgehead atoms. The van der Waals surface area contributed by atoms with Gasteiger partial charge in [0.1, 0.15) is 17.3 Å². The van der Waals surface area contributed by atoms with E-state index in [9.17, 15) is 20.2 Å². The summed E-state index contributed by atoms with van der Waals surface area (Å²) in [6.45, 7) is 1.71. The molecule has 0 saturated carbocycles. The number of benzene rings is 2. The molecule has 0 fully saturated rings. The smallest absolute Gasteiger partial charge is 0.294 e. The Morgan fingerprint density at radius 2 is 1.91 bits per heavy atom. The second-order valence-corrected chi connectivity index (χ2v) is 7.02. The molecule has 0 aliphatic carbocycles. The van der Waals surface area contributed by atoms with Crippen LogP contribution in [0.15, 0.2) is 69.8 Å². The average Bonchev–Trinajstić information content (AvgIpc) is 3.38. The van der Waals surface area contributed by atoms with Crippen molar-refractivity contribution >= 4 is 33.7 Å². The van der Waals surface area contributed by atoms with Crippen LogP contribution in [0.2, 0.25) is 0 Å². The van der Waals surface area contributed by atoms with Crippen LogP contribution in [0.4, 0.5) is 17.2 Å². The van der Waals surface area contributed by atoms with E-state index in [1.165, 1.54) is 29.1 Å². The summed E-state index contributed by atoms with van der Waals surface area (Å²) in [5, 5.41) is 38.4. The van der Waals surface area contributed by atoms with Gasteiger partial charge in [0.05, 0.1) is 27.7 Å². The van der Waals surface area contributed by atoms with Crippen molar-refractivity contribution in [2.75, 3.05) is 0 Å². The Morgan fingerprint density at radius 1 is 1.15 bits per heavy atom. The number of nitro groups is 1. The maximum Gasteiger partial charge on any atom is 0.294 e. The number of fused-ring (bicyclic) bond motifs is 3. The Hall–Kier alpha value is -5.18. The van der Waals surface area contributed by atoms with E-state index < -0.39 is 4.92 Å². The minimum absolute atomic E-state index is 0.00804. The van der Waals surface area contributed by atoms with Crippen molar-refractivity contribution in [3.05, 3.63) is 86.5 Å². The molecule has 0 radical (unpaired) electrons. The molecular weight excluding hydrogens is 426 g/mol. The highest BCUT2D eigenvalue weighted by molar-refractivity contribution is 5.83. The number of aryl methyl sites for hydroxylation is 1. The zero-order valence-electron chi connectivity index (χ0n) is 17.0. The Labute approximate surface area is 184 Å². The number of azo groups is 1. The Balaban J connectivity index is 1.70. The predicted molar refractivity (Wildman–Crippen MR) is 117 cm³/mol. The van der Waals surface area contributed by atoms with E-state index in [4.69, 9.17) is 0 Å². The van der Waals surface area contributed by atoms with Crippen molar-refractivity contribution in [3.63, 3.8) is 0 Å². The number of nitriles is 1. The fourth-order valence-electron chi connectivity index (χ4n) is 3.54. The number of hydrogen-bond acceptors (Lipinski definition) is 8. The molecule has 12 heteroatoms. The number of nitro benzene ring substituents is 1. The molecule has 3 aromatic heterocycles. The van der Waals surface area contributed by atoms with Gasteiger partial charge in [-0.25, -0.2) is 9.20 Å². The predicted octanol–water partition coefficient (Wildman–Crippen LogP) is 3.87. The maximum atomic E-state index is 12.5. The number of aromatic amines is 1. The molecular formula is C21H13N9O3. The SMILES string of the molecule is Cc1nn2c([nH]c(=O)c3ccccc32)c1N=Nc1c(C#N)cnn1-c1ccccc1[N+](=O)[O-]. The Bertz CT molecular complexity index is 1700. The van der Waals surface area contributed by atoms with Gasteiger partial charge in [0.25, 0.3) is 11.2 Å². The Morgan fingerprint density at radius 3 is 2.70 bits per heavy atom. The lowest BCUT2D eigenvalue weighted by Crippen LogP contribution is -2.09. The van der Waals surface area contributed by atoms with Crippen molar-refractivity contribution in [2.45, 2.75) is 6.92 Å². The number of hydrogen-bond donors (Lipinski definition) is 1. The van der Waals surface area contributed by atoms with Crippen molar-refractivity contribution in [2.24, 2.45) is 10.2 Å². The second kappa shape index (κ2) is 7.50. The molecule has 0 aliphatic rings. The lowest BCUT2D eigenvalue weighted by Gasteiger charge is -2.04. The molecule has 3 heterocycles. The summed E-state index contributed by atoms with van der Waals surface area (Å²) < 4.78 is 2.74. The first-order chi connectivity index (χ1) is 16.0. The third kappa shape index (κ3) is 3.12. The summed E-state index contributed by atoms with van der Waals surface area (Å²) in [5.41, 5.74) is 1.40. The largest absolute Gasteiger partial charge is 0.304 e. The molecule has 12 nitrogen and oxygen atoms in total. The highest BCUT2D eigenvalue weighted by Gasteiger charge is 2.21. The molecule has 5 aromatic rings. The van der Waals surface area contributed by atoms with Crippen LogP contribution < -0.4 is 5.56 Å². The normalized spacial score (nSPS) is 11.4. The zero-order chi connectivity index (χ0) is 23.1. The summed E-state index contributed by atoms with van der Waals surface area (Å²) >= 11 is 0. The molecule has 0 aliphatic heterocycles. The van der Waals surface area contributed by atoms with Gasteiger partial charge in [0.15, 0.2) is 17.2 Å². The molecule has 0 atom stereocenters. The maximum absolute atomic E-state index is 12.5. The van der Waals surface area contributed by atoms with Gasteiger partial charge in [-0.1, -0.05) is 24.3 Å². The first-order valence-electron chi connectivity index (χ1n) is 9.63. The van der Waals surface area contributed by atoms with Crippen LogP contribution in [0.25, 0.3) is 22.2 Å². The van der Waals surface area contributed by atoms with Gasteiger partial charge in [0, 0.05) is 6.07 Å². The van der Waals surface area contributed by atoms with Crippen molar-refractivity contribution in [3.8, 4) is 11.8 Å². The standard InChI is InChI=1S/C21H13N9O3/c1-12-18(20-24-21(31)14-6-2-3-7-15(14)29(20)27-12)25-26-19-13(10-22)11-23-28(19)16-8-4-5-9-17(16)30(32)33/h2-9,11H,1H3,(H,24,31). The highest BCUT2D eigenvalue weighted by atomic mass is 16.6. The molecule has 2 aromatic carbocycles. The minimum Gasteiger partial charge on any atom is -0.304 e. The molecule has 0 amide bonds. The fourth-order valence-corrected chi connectivity index (χ4v) is 3.54. The summed E-state index contributed by atoms with van der Waals surface area (Å²) in [5.74, 6) is 0.00804. The van der Waals surface area contributed by atoms with E-state index in [2.05, 4.69) is 25.4 Å². The fraction of sp³-hybridized carbons (Fsp3) is 0.0476. The van der Waals surface area contributed by atoms with E-state index in [1.54, 1.807) is 41.8 Å². The minimum atomic E-state index is -0.546. The Kier molecular flexibility index (Phi) is 4.49. The topological polar surface area (TPSA) is 160 Å². The van der Waals surface area contributed by atoms with Gasteiger partial charge in [-0.2, -0.15) is 15.5 Å². The van der Waals surface area contributed by atoms with Crippen LogP contribution >= 0.6 is 0 Å². The van der Waals surface area contributed by atoms with E-state index in [-0.39, 0.29) is 34.0 Å². The van der Waals surface area contributed by atoms with E-state index in [1.807, 2.05) is 6.07 Å². The van der Waals surface area contributed by atoms with Gasteiger partial charge >= 0.3 is 0 Å². The highest BCUT2D eigenvalue weighted by Crippen LogP contribution is 2.31. The number of para-hydroxylation sites is 3. The molecule has 0 saturated heterocycles. The van der Waals surface area contributed by atoms with Crippen LogP contribution in [0, 0.1) is 28.4 Å². The lowest BCUT2D eigenvalue weighted by atomic mass is 10.2. The van der Waals surface area contributed by atoms with Crippen molar-refractivity contribution < 1.29 is 4.92 Å². The lowest BCUT2D eigenvalue weighted by molar-refractivity contribution is -0.384. The van der Waals surface area contributed by atoms with Crippen molar-refractivity contribution in [1.29, 1.82) is 5.26 Å². The number of nitrogens with one attached hydrogen (secondary N) is 1. The van der Waals surface area contributed by atoms with Crippen LogP contribution in [-0.4, -0.2) is 29.3 Å². The number of rotatable bonds is 4. The third-order valence-electron chi connectivity index (χ3n) is 5.05. The van der Waals surface area contributed by atoms with E-state index in [0.29, 0.717) is 22.2 Å². The van der Waals surface area contributed by atoms with Crippen LogP contribution in [-0.2, 0) is 0 Å². The first kappa shape index (κ1) is 19.8. The zero-order valence-corrected chi connectivity index (χ0v) is 17.0.